The predicted octanol–water partition coefficient (Wildman–Crippen LogP) is 2.23. The van der Waals surface area contributed by atoms with Crippen LogP contribution in [0.5, 0.6) is 0 Å². The lowest BCUT2D eigenvalue weighted by Crippen LogP contribution is -2.53. The summed E-state index contributed by atoms with van der Waals surface area (Å²) >= 11 is 0. The normalized spacial score (nSPS) is 14.6. The van der Waals surface area contributed by atoms with Crippen molar-refractivity contribution in [2.75, 3.05) is 51.2 Å². The number of nitrogens with zero attached hydrogens (tertiary/aromatic N) is 3. The van der Waals surface area contributed by atoms with Gasteiger partial charge in [-0.1, -0.05) is 12.1 Å². The molecule has 1 saturated heterocycles. The van der Waals surface area contributed by atoms with Crippen LogP contribution in [0.2, 0.25) is 0 Å². The van der Waals surface area contributed by atoms with Crippen LogP contribution in [0.4, 0.5) is 18.9 Å². The molecule has 1 fully saturated rings. The summed E-state index contributed by atoms with van der Waals surface area (Å²) in [7, 11) is 1.65. The van der Waals surface area contributed by atoms with Gasteiger partial charge in [0.1, 0.15) is 17.5 Å². The number of halogens is 3. The van der Waals surface area contributed by atoms with Gasteiger partial charge in [-0.05, 0) is 24.3 Å². The van der Waals surface area contributed by atoms with Crippen LogP contribution in [0, 0.1) is 17.5 Å². The number of aliphatic imine (C=N–C) groups is 1. The van der Waals surface area contributed by atoms with Crippen LogP contribution in [0.3, 0.4) is 0 Å². The van der Waals surface area contributed by atoms with Crippen molar-refractivity contribution in [3.63, 3.8) is 0 Å². The summed E-state index contributed by atoms with van der Waals surface area (Å²) < 4.78 is 41.0. The van der Waals surface area contributed by atoms with Gasteiger partial charge in [0.2, 0.25) is 0 Å². The fourth-order valence-electron chi connectivity index (χ4n) is 3.31. The van der Waals surface area contributed by atoms with Crippen molar-refractivity contribution < 1.29 is 18.0 Å². The van der Waals surface area contributed by atoms with Gasteiger partial charge in [0, 0.05) is 52.4 Å². The van der Waals surface area contributed by atoms with E-state index < -0.39 is 23.4 Å². The zero-order valence-corrected chi connectivity index (χ0v) is 16.7. The van der Waals surface area contributed by atoms with Crippen LogP contribution in [0.15, 0.2) is 47.5 Å². The predicted molar refractivity (Wildman–Crippen MR) is 110 cm³/mol. The summed E-state index contributed by atoms with van der Waals surface area (Å²) in [6.45, 7) is 2.90. The molecule has 0 aliphatic carbocycles. The molecular weight excluding hydrogens is 395 g/mol. The third-order valence-electron chi connectivity index (χ3n) is 4.85. The number of rotatable bonds is 5. The van der Waals surface area contributed by atoms with E-state index in [1.165, 1.54) is 24.3 Å². The summed E-state index contributed by atoms with van der Waals surface area (Å²) in [4.78, 5) is 20.1. The third kappa shape index (κ3) is 5.22. The second-order valence-corrected chi connectivity index (χ2v) is 6.78. The molecule has 2 aromatic rings. The van der Waals surface area contributed by atoms with Gasteiger partial charge in [-0.2, -0.15) is 0 Å². The zero-order valence-electron chi connectivity index (χ0n) is 16.7. The van der Waals surface area contributed by atoms with Gasteiger partial charge >= 0.3 is 0 Å². The molecule has 0 aromatic heterocycles. The highest BCUT2D eigenvalue weighted by Crippen LogP contribution is 2.21. The highest BCUT2D eigenvalue weighted by atomic mass is 19.1. The lowest BCUT2D eigenvalue weighted by molar-refractivity contribution is 0.0950. The van der Waals surface area contributed by atoms with Crippen LogP contribution >= 0.6 is 0 Å². The van der Waals surface area contributed by atoms with E-state index in [-0.39, 0.29) is 11.3 Å². The van der Waals surface area contributed by atoms with Gasteiger partial charge in [-0.3, -0.25) is 9.79 Å². The van der Waals surface area contributed by atoms with Gasteiger partial charge in [-0.15, -0.1) is 0 Å². The second-order valence-electron chi connectivity index (χ2n) is 6.78. The van der Waals surface area contributed by atoms with E-state index in [1.54, 1.807) is 18.0 Å². The fraction of sp³-hybridized carbons (Fsp3) is 0.333. The number of amides is 1. The van der Waals surface area contributed by atoms with Crippen molar-refractivity contribution >= 4 is 17.6 Å². The Morgan fingerprint density at radius 1 is 0.967 bits per heavy atom. The topological polar surface area (TPSA) is 60.0 Å². The van der Waals surface area contributed by atoms with E-state index in [4.69, 9.17) is 0 Å². The molecule has 9 heteroatoms. The van der Waals surface area contributed by atoms with Crippen molar-refractivity contribution in [1.82, 2.24) is 15.5 Å². The number of nitrogens with one attached hydrogen (secondary N) is 2. The summed E-state index contributed by atoms with van der Waals surface area (Å²) in [5, 5.41) is 5.81. The van der Waals surface area contributed by atoms with Crippen molar-refractivity contribution in [1.29, 1.82) is 0 Å². The number of carbonyl (C=O) groups is 1. The van der Waals surface area contributed by atoms with E-state index in [0.717, 1.165) is 12.1 Å². The Labute approximate surface area is 173 Å². The first-order valence-corrected chi connectivity index (χ1v) is 9.68. The van der Waals surface area contributed by atoms with Gasteiger partial charge in [0.15, 0.2) is 5.96 Å². The molecule has 0 saturated carbocycles. The zero-order chi connectivity index (χ0) is 21.5. The first kappa shape index (κ1) is 21.5. The van der Waals surface area contributed by atoms with Crippen LogP contribution in [-0.4, -0.2) is 63.1 Å². The first-order chi connectivity index (χ1) is 14.5. The summed E-state index contributed by atoms with van der Waals surface area (Å²) in [6.07, 6.45) is 0. The standard InChI is InChI=1S/C21H24F3N5O/c1-25-21(27-9-8-26-20(30)16-4-2-3-5-17(16)23)29-12-10-28(11-13-29)19-14-15(22)6-7-18(19)24/h2-7,14H,8-13H2,1H3,(H,25,27)(H,26,30). The lowest BCUT2D eigenvalue weighted by Gasteiger charge is -2.37. The third-order valence-corrected chi connectivity index (χ3v) is 4.85. The minimum atomic E-state index is -0.564. The molecule has 1 aliphatic rings. The minimum absolute atomic E-state index is 0.00239. The van der Waals surface area contributed by atoms with Crippen molar-refractivity contribution in [2.24, 2.45) is 4.99 Å². The van der Waals surface area contributed by atoms with Crippen LogP contribution < -0.4 is 15.5 Å². The SMILES string of the molecule is CN=C(NCCNC(=O)c1ccccc1F)N1CCN(c2cc(F)ccc2F)CC1. The number of hydrogen-bond acceptors (Lipinski definition) is 3. The molecule has 0 unspecified atom stereocenters. The van der Waals surface area contributed by atoms with Gasteiger partial charge in [0.05, 0.1) is 11.3 Å². The molecule has 6 nitrogen and oxygen atoms in total. The molecule has 0 spiro atoms. The number of benzene rings is 2. The molecule has 3 rings (SSSR count). The van der Waals surface area contributed by atoms with Gasteiger partial charge < -0.3 is 20.4 Å². The highest BCUT2D eigenvalue weighted by Gasteiger charge is 2.22. The molecule has 1 heterocycles. The molecule has 0 bridgehead atoms. The molecule has 30 heavy (non-hydrogen) atoms. The summed E-state index contributed by atoms with van der Waals surface area (Å²) in [5.41, 5.74) is 0.260. The van der Waals surface area contributed by atoms with Crippen molar-refractivity contribution in [2.45, 2.75) is 0 Å². The van der Waals surface area contributed by atoms with Crippen molar-refractivity contribution in [3.05, 3.63) is 65.5 Å². The summed E-state index contributed by atoms with van der Waals surface area (Å²) in [6, 6.07) is 9.24. The number of carbonyl (C=O) groups excluding carboxylic acids is 1. The summed E-state index contributed by atoms with van der Waals surface area (Å²) in [5.74, 6) is -1.31. The largest absolute Gasteiger partial charge is 0.366 e. The minimum Gasteiger partial charge on any atom is -0.366 e. The van der Waals surface area contributed by atoms with Crippen LogP contribution in [-0.2, 0) is 0 Å². The van der Waals surface area contributed by atoms with Crippen molar-refractivity contribution in [3.8, 4) is 0 Å². The van der Waals surface area contributed by atoms with E-state index >= 15 is 0 Å². The second kappa shape index (κ2) is 10.00. The average Bonchev–Trinajstić information content (AvgIpc) is 2.76. The Balaban J connectivity index is 1.45. The smallest absolute Gasteiger partial charge is 0.254 e. The van der Waals surface area contributed by atoms with Crippen LogP contribution in [0.1, 0.15) is 10.4 Å². The van der Waals surface area contributed by atoms with E-state index in [1.807, 2.05) is 4.90 Å². The lowest BCUT2D eigenvalue weighted by atomic mass is 10.2. The van der Waals surface area contributed by atoms with Crippen LogP contribution in [0.25, 0.3) is 0 Å². The molecule has 2 aromatic carbocycles. The number of piperazine rings is 1. The number of anilines is 1. The monoisotopic (exact) mass is 419 g/mol. The molecule has 2 N–H and O–H groups in total. The number of hydrogen-bond donors (Lipinski definition) is 2. The Morgan fingerprint density at radius 2 is 1.67 bits per heavy atom. The quantitative estimate of drug-likeness (QED) is 0.443. The Morgan fingerprint density at radius 3 is 2.37 bits per heavy atom. The molecule has 160 valence electrons. The van der Waals surface area contributed by atoms with Gasteiger partial charge in [-0.25, -0.2) is 13.2 Å². The Kier molecular flexibility index (Phi) is 7.16. The van der Waals surface area contributed by atoms with Gasteiger partial charge in [0.25, 0.3) is 5.91 Å². The Hall–Kier alpha value is -3.23. The molecular formula is C21H24F3N5O. The van der Waals surface area contributed by atoms with E-state index in [0.29, 0.717) is 45.2 Å². The average molecular weight is 419 g/mol. The Bertz CT molecular complexity index is 913. The maximum atomic E-state index is 14.0. The number of guanidine groups is 1. The fourth-order valence-corrected chi connectivity index (χ4v) is 3.31. The first-order valence-electron chi connectivity index (χ1n) is 9.68. The van der Waals surface area contributed by atoms with E-state index in [2.05, 4.69) is 15.6 Å². The van der Waals surface area contributed by atoms with E-state index in [9.17, 15) is 18.0 Å². The maximum absolute atomic E-state index is 14.0. The molecule has 1 aliphatic heterocycles. The molecule has 0 atom stereocenters. The maximum Gasteiger partial charge on any atom is 0.254 e. The highest BCUT2D eigenvalue weighted by molar-refractivity contribution is 5.94. The molecule has 0 radical (unpaired) electrons. The molecule has 1 amide bonds.